The molecule has 0 unspecified atom stereocenters. The highest BCUT2D eigenvalue weighted by atomic mass is 16.5. The van der Waals surface area contributed by atoms with Crippen LogP contribution in [0.25, 0.3) is 0 Å². The second kappa shape index (κ2) is 12.5. The normalized spacial score (nSPS) is 10.7. The van der Waals surface area contributed by atoms with E-state index in [4.69, 9.17) is 9.47 Å². The lowest BCUT2D eigenvalue weighted by molar-refractivity contribution is -0.145. The van der Waals surface area contributed by atoms with E-state index in [-0.39, 0.29) is 36.8 Å². The Morgan fingerprint density at radius 2 is 1.69 bits per heavy atom. The van der Waals surface area contributed by atoms with E-state index in [1.165, 1.54) is 0 Å². The maximum atomic E-state index is 12.5. The molecule has 0 heterocycles. The summed E-state index contributed by atoms with van der Waals surface area (Å²) in [4.78, 5) is 38.4. The van der Waals surface area contributed by atoms with Crippen LogP contribution in [0.5, 0.6) is 5.75 Å². The number of hydrogen-bond donors (Lipinski definition) is 2. The first-order valence-electron chi connectivity index (χ1n) is 10.6. The molecule has 0 bridgehead atoms. The Balaban J connectivity index is 1.89. The molecule has 0 saturated carbocycles. The Morgan fingerprint density at radius 3 is 2.31 bits per heavy atom. The Hall–Kier alpha value is -3.39. The molecule has 0 radical (unpaired) electrons. The van der Waals surface area contributed by atoms with Crippen LogP contribution in [0.1, 0.15) is 37.6 Å². The van der Waals surface area contributed by atoms with Gasteiger partial charge in [-0.05, 0) is 57.2 Å². The standard InChI is InChI=1S/C24H31N3O5/c1-5-32-23(29)16-27(17(2)3)15-14-22(28)25-19-12-10-18(11-13-19)24(30)26-20-8-6-7-9-21(20)31-4/h6-13,17H,5,14-16H2,1-4H3,(H,25,28)(H,26,30). The molecule has 0 fully saturated rings. The SMILES string of the molecule is CCOC(=O)CN(CCC(=O)Nc1ccc(C(=O)Nc2ccccc2OC)cc1)C(C)C. The molecule has 0 aromatic heterocycles. The summed E-state index contributed by atoms with van der Waals surface area (Å²) < 4.78 is 10.2. The molecular formula is C24H31N3O5. The third-order valence-corrected chi connectivity index (χ3v) is 4.78. The van der Waals surface area contributed by atoms with Crippen molar-refractivity contribution >= 4 is 29.2 Å². The van der Waals surface area contributed by atoms with Gasteiger partial charge in [-0.2, -0.15) is 0 Å². The number of anilines is 2. The second-order valence-electron chi connectivity index (χ2n) is 7.40. The second-order valence-corrected chi connectivity index (χ2v) is 7.40. The van der Waals surface area contributed by atoms with Gasteiger partial charge in [0.15, 0.2) is 0 Å². The van der Waals surface area contributed by atoms with E-state index in [0.717, 1.165) is 0 Å². The van der Waals surface area contributed by atoms with Crippen molar-refractivity contribution in [1.29, 1.82) is 0 Å². The van der Waals surface area contributed by atoms with E-state index >= 15 is 0 Å². The molecule has 2 amide bonds. The predicted molar refractivity (Wildman–Crippen MR) is 124 cm³/mol. The molecule has 2 aromatic carbocycles. The first-order chi connectivity index (χ1) is 15.3. The van der Waals surface area contributed by atoms with Gasteiger partial charge < -0.3 is 20.1 Å². The summed E-state index contributed by atoms with van der Waals surface area (Å²) in [7, 11) is 1.54. The van der Waals surface area contributed by atoms with Crippen molar-refractivity contribution in [2.45, 2.75) is 33.2 Å². The predicted octanol–water partition coefficient (Wildman–Crippen LogP) is 3.55. The van der Waals surface area contributed by atoms with Gasteiger partial charge in [0.05, 0.1) is 25.9 Å². The molecule has 0 aliphatic heterocycles. The lowest BCUT2D eigenvalue weighted by Crippen LogP contribution is -2.38. The number of amides is 2. The van der Waals surface area contributed by atoms with E-state index < -0.39 is 0 Å². The Labute approximate surface area is 188 Å². The number of esters is 1. The van der Waals surface area contributed by atoms with Gasteiger partial charge in [0, 0.05) is 30.3 Å². The smallest absolute Gasteiger partial charge is 0.320 e. The number of nitrogens with zero attached hydrogens (tertiary/aromatic N) is 1. The highest BCUT2D eigenvalue weighted by molar-refractivity contribution is 6.05. The summed E-state index contributed by atoms with van der Waals surface area (Å²) in [5.41, 5.74) is 1.62. The number of ether oxygens (including phenoxy) is 2. The monoisotopic (exact) mass is 441 g/mol. The van der Waals surface area contributed by atoms with Gasteiger partial charge in [-0.3, -0.25) is 19.3 Å². The van der Waals surface area contributed by atoms with Crippen LogP contribution in [0.15, 0.2) is 48.5 Å². The van der Waals surface area contributed by atoms with Crippen molar-refractivity contribution in [2.24, 2.45) is 0 Å². The van der Waals surface area contributed by atoms with Crippen molar-refractivity contribution < 1.29 is 23.9 Å². The zero-order valence-electron chi connectivity index (χ0n) is 19.0. The van der Waals surface area contributed by atoms with Gasteiger partial charge in [0.2, 0.25) is 5.91 Å². The molecule has 32 heavy (non-hydrogen) atoms. The van der Waals surface area contributed by atoms with Gasteiger partial charge in [-0.15, -0.1) is 0 Å². The minimum Gasteiger partial charge on any atom is -0.495 e. The number of carbonyl (C=O) groups excluding carboxylic acids is 3. The van der Waals surface area contributed by atoms with Gasteiger partial charge in [0.25, 0.3) is 5.91 Å². The molecule has 0 aliphatic rings. The van der Waals surface area contributed by atoms with Crippen LogP contribution in [0, 0.1) is 0 Å². The average Bonchev–Trinajstić information content (AvgIpc) is 2.77. The van der Waals surface area contributed by atoms with Crippen molar-refractivity contribution in [2.75, 3.05) is 37.4 Å². The first kappa shape index (κ1) is 24.9. The fraction of sp³-hybridized carbons (Fsp3) is 0.375. The zero-order chi connectivity index (χ0) is 23.5. The summed E-state index contributed by atoms with van der Waals surface area (Å²) in [6.45, 7) is 6.60. The summed E-state index contributed by atoms with van der Waals surface area (Å²) in [6, 6.07) is 13.9. The fourth-order valence-corrected chi connectivity index (χ4v) is 3.01. The Kier molecular flexibility index (Phi) is 9.69. The first-order valence-corrected chi connectivity index (χ1v) is 10.6. The number of para-hydroxylation sites is 2. The van der Waals surface area contributed by atoms with E-state index in [0.29, 0.717) is 35.8 Å². The molecule has 172 valence electrons. The van der Waals surface area contributed by atoms with Crippen LogP contribution in [0.4, 0.5) is 11.4 Å². The van der Waals surface area contributed by atoms with Crippen LogP contribution < -0.4 is 15.4 Å². The highest BCUT2D eigenvalue weighted by Crippen LogP contribution is 2.23. The molecule has 0 spiro atoms. The van der Waals surface area contributed by atoms with Crippen LogP contribution >= 0.6 is 0 Å². The maximum absolute atomic E-state index is 12.5. The van der Waals surface area contributed by atoms with Crippen LogP contribution in [-0.2, 0) is 14.3 Å². The third-order valence-electron chi connectivity index (χ3n) is 4.78. The van der Waals surface area contributed by atoms with E-state index in [9.17, 15) is 14.4 Å². The minimum atomic E-state index is -0.302. The summed E-state index contributed by atoms with van der Waals surface area (Å²) in [5.74, 6) is -0.184. The summed E-state index contributed by atoms with van der Waals surface area (Å²) in [5, 5.41) is 5.63. The summed E-state index contributed by atoms with van der Waals surface area (Å²) in [6.07, 6.45) is 0.230. The van der Waals surface area contributed by atoms with E-state index in [1.54, 1.807) is 50.4 Å². The van der Waals surface area contributed by atoms with Crippen molar-refractivity contribution in [3.8, 4) is 5.75 Å². The summed E-state index contributed by atoms with van der Waals surface area (Å²) >= 11 is 0. The lowest BCUT2D eigenvalue weighted by atomic mass is 10.1. The van der Waals surface area contributed by atoms with E-state index in [2.05, 4.69) is 10.6 Å². The molecule has 0 aliphatic carbocycles. The molecule has 2 N–H and O–H groups in total. The van der Waals surface area contributed by atoms with Crippen molar-refractivity contribution in [3.63, 3.8) is 0 Å². The fourth-order valence-electron chi connectivity index (χ4n) is 3.01. The quantitative estimate of drug-likeness (QED) is 0.518. The number of rotatable bonds is 11. The molecular weight excluding hydrogens is 410 g/mol. The number of nitrogens with one attached hydrogen (secondary N) is 2. The van der Waals surface area contributed by atoms with Crippen molar-refractivity contribution in [3.05, 3.63) is 54.1 Å². The number of hydrogen-bond acceptors (Lipinski definition) is 6. The van der Waals surface area contributed by atoms with Crippen LogP contribution in [0.2, 0.25) is 0 Å². The van der Waals surface area contributed by atoms with Crippen LogP contribution in [0.3, 0.4) is 0 Å². The van der Waals surface area contributed by atoms with Crippen LogP contribution in [-0.4, -0.2) is 55.5 Å². The molecule has 8 heteroatoms. The van der Waals surface area contributed by atoms with Gasteiger partial charge >= 0.3 is 5.97 Å². The Bertz CT molecular complexity index is 912. The van der Waals surface area contributed by atoms with Gasteiger partial charge in [0.1, 0.15) is 5.75 Å². The zero-order valence-corrected chi connectivity index (χ0v) is 19.0. The number of benzene rings is 2. The molecule has 0 saturated heterocycles. The molecule has 8 nitrogen and oxygen atoms in total. The minimum absolute atomic E-state index is 0.105. The molecule has 2 aromatic rings. The Morgan fingerprint density at radius 1 is 1.00 bits per heavy atom. The van der Waals surface area contributed by atoms with Crippen molar-refractivity contribution in [1.82, 2.24) is 4.90 Å². The molecule has 0 atom stereocenters. The maximum Gasteiger partial charge on any atom is 0.320 e. The molecule has 2 rings (SSSR count). The average molecular weight is 442 g/mol. The number of methoxy groups -OCH3 is 1. The topological polar surface area (TPSA) is 97.0 Å². The number of carbonyl (C=O) groups is 3. The van der Waals surface area contributed by atoms with Gasteiger partial charge in [-0.1, -0.05) is 12.1 Å². The van der Waals surface area contributed by atoms with Gasteiger partial charge in [-0.25, -0.2) is 0 Å². The lowest BCUT2D eigenvalue weighted by Gasteiger charge is -2.25. The van der Waals surface area contributed by atoms with E-state index in [1.807, 2.05) is 30.9 Å². The third kappa shape index (κ3) is 7.70. The largest absolute Gasteiger partial charge is 0.495 e. The highest BCUT2D eigenvalue weighted by Gasteiger charge is 2.16.